The summed E-state index contributed by atoms with van der Waals surface area (Å²) >= 11 is 0. The second kappa shape index (κ2) is 31.5. The van der Waals surface area contributed by atoms with Crippen molar-refractivity contribution in [3.63, 3.8) is 0 Å². The number of hydrogen-bond donors (Lipinski definition) is 7. The summed E-state index contributed by atoms with van der Waals surface area (Å²) in [5, 5.41) is 18.3. The van der Waals surface area contributed by atoms with Crippen molar-refractivity contribution in [3.05, 3.63) is 199 Å². The Morgan fingerprint density at radius 2 is 0.804 bits per heavy atom. The van der Waals surface area contributed by atoms with E-state index in [4.69, 9.17) is 23.9 Å². The van der Waals surface area contributed by atoms with Gasteiger partial charge in [0, 0.05) is 61.2 Å². The van der Waals surface area contributed by atoms with Crippen LogP contribution in [0.3, 0.4) is 0 Å². The summed E-state index contributed by atoms with van der Waals surface area (Å²) in [6.07, 6.45) is 12.3. The van der Waals surface area contributed by atoms with Crippen molar-refractivity contribution in [2.75, 3.05) is 47.7 Å². The number of nitrogens with zero attached hydrogens (tertiary/aromatic N) is 1. The summed E-state index contributed by atoms with van der Waals surface area (Å²) in [5.41, 5.74) is 12.2. The zero-order valence-electron chi connectivity index (χ0n) is 67.6. The van der Waals surface area contributed by atoms with Gasteiger partial charge in [0.05, 0.1) is 114 Å². The highest BCUT2D eigenvalue weighted by molar-refractivity contribution is 6.33. The van der Waals surface area contributed by atoms with Crippen LogP contribution in [0.5, 0.6) is 0 Å². The number of aliphatic imine (C=N–C) groups is 1. The number of ether oxygens (including phenoxy) is 4. The molecule has 20 nitrogen and oxygen atoms in total. The minimum absolute atomic E-state index is 0.163. The van der Waals surface area contributed by atoms with Crippen molar-refractivity contribution in [2.45, 2.75) is 190 Å². The Hall–Kier alpha value is -10.6. The van der Waals surface area contributed by atoms with Gasteiger partial charge in [-0.3, -0.25) is 38.4 Å². The molecule has 4 aromatic carbocycles. The summed E-state index contributed by atoms with van der Waals surface area (Å²) in [7, 11) is 0. The molecule has 7 N–H and O–H groups in total. The fourth-order valence-corrected chi connectivity index (χ4v) is 15.1. The van der Waals surface area contributed by atoms with Gasteiger partial charge >= 0.3 is 23.9 Å². The zero-order valence-corrected chi connectivity index (χ0v) is 67.6. The van der Waals surface area contributed by atoms with Crippen LogP contribution >= 0.6 is 0 Å². The van der Waals surface area contributed by atoms with Gasteiger partial charge in [0.1, 0.15) is 0 Å². The summed E-state index contributed by atoms with van der Waals surface area (Å²) in [5.74, 6) is -8.65. The number of amides is 4. The molecule has 13 rings (SSSR count). The number of carbonyl (C=O) groups excluding carboxylic acids is 8. The van der Waals surface area contributed by atoms with Crippen molar-refractivity contribution in [1.82, 2.24) is 15.3 Å². The summed E-state index contributed by atoms with van der Waals surface area (Å²) in [6.45, 7) is 34.6. The van der Waals surface area contributed by atoms with E-state index in [-0.39, 0.29) is 60.9 Å². The molecule has 4 aliphatic carbocycles. The van der Waals surface area contributed by atoms with Gasteiger partial charge in [-0.1, -0.05) is 164 Å². The van der Waals surface area contributed by atoms with Crippen molar-refractivity contribution >= 4 is 98.3 Å². The van der Waals surface area contributed by atoms with Gasteiger partial charge in [0.2, 0.25) is 23.6 Å². The SMILES string of the molecule is CCCCOC(=O)C1CC1C(=O)Nc1cccc(NC(=O)C2C[C@@H]2C(=O)OCCCC)c1/C1=C2\C=CC(N2)/C(c2cc(C(C)(C)C)cc(C(C)(C)C)c2)=c2/cc/c([nH]2)=C(\c2c(NC(=O)[C@@H]3CC3C(=O)OCC)cccc2NC(=O)[C@@H]2C[C@@H]2C(=O)OCC)C2=N/C(=C(/c3cc(C(C)(C)C)cc(C(C)(C)C)c3)c3ccc1[nH]3)C=C2. The minimum atomic E-state index is -0.691. The molecule has 6 aromatic rings. The van der Waals surface area contributed by atoms with Gasteiger partial charge in [-0.15, -0.1) is 0 Å². The number of carbonyl (C=O) groups is 8. The number of aromatic amines is 2. The Balaban J connectivity index is 1.10. The lowest BCUT2D eigenvalue weighted by molar-refractivity contribution is -0.147. The molecule has 588 valence electrons. The first-order valence-electron chi connectivity index (χ1n) is 40.0. The molecule has 8 bridgehead atoms. The molecular formula is C92H108N8O12. The molecule has 5 unspecified atom stereocenters. The fraction of sp³-hybridized carbons (Fsp3) is 0.446. The van der Waals surface area contributed by atoms with Crippen molar-refractivity contribution in [2.24, 2.45) is 52.3 Å². The highest BCUT2D eigenvalue weighted by Crippen LogP contribution is 2.49. The second-order valence-electron chi connectivity index (χ2n) is 35.1. The van der Waals surface area contributed by atoms with Crippen LogP contribution in [-0.4, -0.2) is 95.7 Å². The number of nitrogens with one attached hydrogen (secondary N) is 7. The van der Waals surface area contributed by atoms with Gasteiger partial charge in [-0.2, -0.15) is 0 Å². The van der Waals surface area contributed by atoms with E-state index in [0.717, 1.165) is 51.8 Å². The molecule has 7 aliphatic rings. The number of H-pyrrole nitrogens is 2. The minimum Gasteiger partial charge on any atom is -0.466 e. The molecule has 112 heavy (non-hydrogen) atoms. The van der Waals surface area contributed by atoms with Crippen LogP contribution in [0.1, 0.15) is 218 Å². The predicted molar refractivity (Wildman–Crippen MR) is 437 cm³/mol. The van der Waals surface area contributed by atoms with Crippen LogP contribution in [0, 0.1) is 47.3 Å². The van der Waals surface area contributed by atoms with E-state index < -0.39 is 101 Å². The van der Waals surface area contributed by atoms with E-state index in [1.165, 1.54) is 0 Å². The van der Waals surface area contributed by atoms with Gasteiger partial charge in [-0.05, 0) is 174 Å². The molecule has 4 amide bonds. The predicted octanol–water partition coefficient (Wildman–Crippen LogP) is 14.8. The van der Waals surface area contributed by atoms with Crippen molar-refractivity contribution < 1.29 is 57.3 Å². The Kier molecular flexibility index (Phi) is 22.3. The number of esters is 4. The van der Waals surface area contributed by atoms with Gasteiger partial charge < -0.3 is 55.5 Å². The third-order valence-corrected chi connectivity index (χ3v) is 22.3. The standard InChI is InChI=1S/C92H108N8O12/c1-17-21-37-111-87(107)61-47-57(61)83(103)99-65-27-24-28-66(100-84(104)58-48-62(58)88(108)112-38-22-18-2)78(65)80-73-35-31-69(95-73)75(49-39-51(89(5,6)7)43-52(40-49)90(8,9)10)67-29-33-71(93-67)79(72-34-30-68(94-72)76(70-32-36-74(80)96-70)50-41-53(91(11,12)13)44-54(42-50)92(14,15)16)77-63(97-81(101)55-45-59(55)85(105)109-19-3)25-23-26-64(77)98-82(102)56-46-60(56)86(106)110-20-4/h23-36,39-44,55-62,69,93,95-96H,17-22,37-38,45-48H2,1-16H3,(H,97,101)(H,98,102)(H,99,103)(H,100,104)/b75-67-,76-68-,79-71+,80-73+/t55-,56-,57?,58?,59+,60?,61+,62?,69?/m1/s1. The molecule has 2 aromatic heterocycles. The van der Waals surface area contributed by atoms with E-state index >= 15 is 0 Å². The highest BCUT2D eigenvalue weighted by Gasteiger charge is 2.53. The maximum Gasteiger partial charge on any atom is 0.309 e. The van der Waals surface area contributed by atoms with Crippen LogP contribution in [-0.2, 0) is 79.0 Å². The van der Waals surface area contributed by atoms with Crippen LogP contribution in [0.2, 0.25) is 0 Å². The molecule has 4 fully saturated rings. The van der Waals surface area contributed by atoms with E-state index in [9.17, 15) is 38.4 Å². The number of anilines is 4. The smallest absolute Gasteiger partial charge is 0.309 e. The third-order valence-electron chi connectivity index (χ3n) is 22.3. The molecule has 0 spiro atoms. The van der Waals surface area contributed by atoms with Gasteiger partial charge in [0.15, 0.2) is 0 Å². The number of benzene rings is 4. The Morgan fingerprint density at radius 3 is 1.21 bits per heavy atom. The first kappa shape index (κ1) is 79.5. The molecule has 3 aliphatic heterocycles. The quantitative estimate of drug-likeness (QED) is 0.0169. The summed E-state index contributed by atoms with van der Waals surface area (Å²) in [6, 6.07) is 31.5. The molecule has 5 heterocycles. The molecule has 9 atom stereocenters. The van der Waals surface area contributed by atoms with Gasteiger partial charge in [-0.25, -0.2) is 4.99 Å². The lowest BCUT2D eigenvalue weighted by Gasteiger charge is -2.28. The third kappa shape index (κ3) is 17.1. The van der Waals surface area contributed by atoms with Crippen LogP contribution < -0.4 is 37.3 Å². The largest absolute Gasteiger partial charge is 0.466 e. The number of fused-ring (bicyclic) bond motifs is 7. The second-order valence-corrected chi connectivity index (χ2v) is 35.1. The molecule has 4 saturated carbocycles. The first-order chi connectivity index (χ1) is 53.2. The van der Waals surface area contributed by atoms with Crippen molar-refractivity contribution in [3.8, 4) is 0 Å². The molecule has 0 saturated heterocycles. The highest BCUT2D eigenvalue weighted by atomic mass is 16.5. The van der Waals surface area contributed by atoms with E-state index in [1.54, 1.807) is 50.2 Å². The number of rotatable bonds is 24. The monoisotopic (exact) mass is 1520 g/mol. The van der Waals surface area contributed by atoms with E-state index in [1.807, 2.05) is 56.3 Å². The number of unbranched alkanes of at least 4 members (excludes halogenated alkanes) is 2. The average Bonchev–Trinajstić information content (AvgIpc) is 1.25. The topological polar surface area (TPSA) is 278 Å². The van der Waals surface area contributed by atoms with Gasteiger partial charge in [0.25, 0.3) is 0 Å². The lowest BCUT2D eigenvalue weighted by atomic mass is 9.78. The van der Waals surface area contributed by atoms with Crippen molar-refractivity contribution in [1.29, 1.82) is 0 Å². The van der Waals surface area contributed by atoms with Crippen LogP contribution in [0.4, 0.5) is 22.7 Å². The van der Waals surface area contributed by atoms with Crippen LogP contribution in [0.15, 0.2) is 138 Å². The average molecular weight is 1520 g/mol. The first-order valence-corrected chi connectivity index (χ1v) is 40.0. The Bertz CT molecular complexity index is 4910. The van der Waals surface area contributed by atoms with E-state index in [2.05, 4.69) is 162 Å². The maximum atomic E-state index is 15.0. The number of aromatic nitrogens is 2. The van der Waals surface area contributed by atoms with E-state index in [0.29, 0.717) is 115 Å². The molecule has 0 radical (unpaired) electrons. The Morgan fingerprint density at radius 1 is 0.420 bits per heavy atom. The maximum absolute atomic E-state index is 15.0. The summed E-state index contributed by atoms with van der Waals surface area (Å²) < 4.78 is 22.1. The summed E-state index contributed by atoms with van der Waals surface area (Å²) in [4.78, 5) is 127. The van der Waals surface area contributed by atoms with Crippen LogP contribution in [0.25, 0.3) is 22.3 Å². The fourth-order valence-electron chi connectivity index (χ4n) is 15.1. The Labute approximate surface area is 656 Å². The molecular weight excluding hydrogens is 1410 g/mol. The number of hydrogen-bond acceptors (Lipinski definition) is 14. The molecule has 20 heteroatoms. The lowest BCUT2D eigenvalue weighted by Crippen LogP contribution is -2.31. The zero-order chi connectivity index (χ0) is 80.2. The number of allylic oxidation sites excluding steroid dienone is 3. The normalized spacial score (nSPS) is 23.8.